The maximum atomic E-state index is 12.6. The molecule has 0 unspecified atom stereocenters. The minimum Gasteiger partial charge on any atom is -0.484 e. The van der Waals surface area contributed by atoms with Crippen LogP contribution in [0.3, 0.4) is 0 Å². The number of sulfonamides is 1. The van der Waals surface area contributed by atoms with Gasteiger partial charge in [-0.1, -0.05) is 31.0 Å². The summed E-state index contributed by atoms with van der Waals surface area (Å²) in [5.41, 5.74) is 2.25. The lowest BCUT2D eigenvalue weighted by atomic mass is 10.1. The summed E-state index contributed by atoms with van der Waals surface area (Å²) in [4.78, 5) is 16.8. The number of benzene rings is 2. The molecule has 0 saturated carbocycles. The summed E-state index contributed by atoms with van der Waals surface area (Å²) >= 11 is 6.13. The van der Waals surface area contributed by atoms with Gasteiger partial charge in [0.25, 0.3) is 5.91 Å². The quantitative estimate of drug-likeness (QED) is 0.557. The van der Waals surface area contributed by atoms with Crippen molar-refractivity contribution >= 4 is 33.2 Å². The molecule has 0 aliphatic carbocycles. The van der Waals surface area contributed by atoms with Gasteiger partial charge < -0.3 is 14.5 Å². The van der Waals surface area contributed by atoms with Gasteiger partial charge in [-0.25, -0.2) is 13.1 Å². The third-order valence-electron chi connectivity index (χ3n) is 5.46. The third-order valence-corrected chi connectivity index (χ3v) is 7.18. The molecule has 2 aromatic rings. The Bertz CT molecular complexity index is 1020. The Labute approximate surface area is 195 Å². The van der Waals surface area contributed by atoms with E-state index in [4.69, 9.17) is 16.3 Å². The fourth-order valence-corrected chi connectivity index (χ4v) is 4.78. The van der Waals surface area contributed by atoms with E-state index in [1.165, 1.54) is 12.1 Å². The molecule has 0 atom stereocenters. The monoisotopic (exact) mass is 479 g/mol. The third kappa shape index (κ3) is 6.37. The van der Waals surface area contributed by atoms with E-state index in [0.29, 0.717) is 30.4 Å². The predicted octanol–water partition coefficient (Wildman–Crippen LogP) is 3.45. The van der Waals surface area contributed by atoms with Crippen molar-refractivity contribution in [2.75, 3.05) is 44.2 Å². The topological polar surface area (TPSA) is 78.9 Å². The van der Waals surface area contributed by atoms with Crippen LogP contribution in [0.15, 0.2) is 47.4 Å². The van der Waals surface area contributed by atoms with Crippen LogP contribution in [0.2, 0.25) is 5.02 Å². The second-order valence-corrected chi connectivity index (χ2v) is 10.0. The number of aryl methyl sites for hydroxylation is 1. The van der Waals surface area contributed by atoms with Crippen LogP contribution in [0.25, 0.3) is 0 Å². The Morgan fingerprint density at radius 3 is 2.44 bits per heavy atom. The van der Waals surface area contributed by atoms with Gasteiger partial charge in [0, 0.05) is 43.4 Å². The number of nitrogens with one attached hydrogen (secondary N) is 1. The Morgan fingerprint density at radius 2 is 1.78 bits per heavy atom. The highest BCUT2D eigenvalue weighted by molar-refractivity contribution is 7.89. The number of carbonyl (C=O) groups excluding carboxylic acids is 1. The van der Waals surface area contributed by atoms with Crippen LogP contribution < -0.4 is 14.4 Å². The number of halogens is 1. The van der Waals surface area contributed by atoms with E-state index >= 15 is 0 Å². The lowest BCUT2D eigenvalue weighted by Gasteiger charge is -2.36. The smallest absolute Gasteiger partial charge is 0.260 e. The van der Waals surface area contributed by atoms with Crippen molar-refractivity contribution < 1.29 is 17.9 Å². The second kappa shape index (κ2) is 11.0. The molecular formula is C23H30ClN3O4S. The van der Waals surface area contributed by atoms with Crippen LogP contribution in [0.1, 0.15) is 25.3 Å². The van der Waals surface area contributed by atoms with Crippen LogP contribution in [0, 0.1) is 6.92 Å². The average Bonchev–Trinajstić information content (AvgIpc) is 2.79. The molecule has 7 nitrogen and oxygen atoms in total. The molecule has 0 aromatic heterocycles. The van der Waals surface area contributed by atoms with E-state index in [-0.39, 0.29) is 17.4 Å². The average molecular weight is 480 g/mol. The molecule has 1 aliphatic heterocycles. The Hall–Kier alpha value is -2.29. The standard InChI is InChI=1S/C23H30ClN3O4S/c1-3-4-11-25-32(29,30)21-9-7-20(8-10-21)31-17-23(28)27-14-12-26(13-15-27)22-16-19(24)6-5-18(22)2/h5-10,16,25H,3-4,11-15,17H2,1-2H3. The van der Waals surface area contributed by atoms with E-state index in [0.717, 1.165) is 37.2 Å². The van der Waals surface area contributed by atoms with Gasteiger partial charge in [-0.3, -0.25) is 4.79 Å². The van der Waals surface area contributed by atoms with Gasteiger partial charge in [-0.05, 0) is 55.3 Å². The van der Waals surface area contributed by atoms with Crippen molar-refractivity contribution in [3.63, 3.8) is 0 Å². The van der Waals surface area contributed by atoms with E-state index < -0.39 is 10.0 Å². The molecule has 1 saturated heterocycles. The Morgan fingerprint density at radius 1 is 1.09 bits per heavy atom. The number of nitrogens with zero attached hydrogens (tertiary/aromatic N) is 2. The molecule has 1 heterocycles. The van der Waals surface area contributed by atoms with E-state index in [1.807, 2.05) is 25.1 Å². The zero-order valence-corrected chi connectivity index (χ0v) is 20.1. The first-order chi connectivity index (χ1) is 15.3. The highest BCUT2D eigenvalue weighted by Gasteiger charge is 2.22. The number of rotatable bonds is 9. The molecule has 0 spiro atoms. The molecule has 9 heteroatoms. The van der Waals surface area contributed by atoms with Crippen molar-refractivity contribution in [3.05, 3.63) is 53.1 Å². The normalized spacial score (nSPS) is 14.5. The number of amides is 1. The summed E-state index contributed by atoms with van der Waals surface area (Å²) in [6, 6.07) is 12.0. The largest absolute Gasteiger partial charge is 0.484 e. The number of unbranched alkanes of at least 4 members (excludes halogenated alkanes) is 1. The summed E-state index contributed by atoms with van der Waals surface area (Å²) in [5, 5.41) is 0.702. The number of anilines is 1. The molecule has 1 amide bonds. The van der Waals surface area contributed by atoms with Gasteiger partial charge >= 0.3 is 0 Å². The van der Waals surface area contributed by atoms with Gasteiger partial charge in [0.1, 0.15) is 5.75 Å². The molecule has 32 heavy (non-hydrogen) atoms. The number of carbonyl (C=O) groups is 1. The van der Waals surface area contributed by atoms with Crippen molar-refractivity contribution in [1.82, 2.24) is 9.62 Å². The van der Waals surface area contributed by atoms with Gasteiger partial charge in [0.05, 0.1) is 4.90 Å². The van der Waals surface area contributed by atoms with Crippen molar-refractivity contribution in [2.24, 2.45) is 0 Å². The maximum Gasteiger partial charge on any atom is 0.260 e. The SMILES string of the molecule is CCCCNS(=O)(=O)c1ccc(OCC(=O)N2CCN(c3cc(Cl)ccc3C)CC2)cc1. The first kappa shape index (κ1) is 24.4. The van der Waals surface area contributed by atoms with Crippen LogP contribution in [-0.2, 0) is 14.8 Å². The number of hydrogen-bond acceptors (Lipinski definition) is 5. The number of hydrogen-bond donors (Lipinski definition) is 1. The maximum absolute atomic E-state index is 12.6. The zero-order valence-electron chi connectivity index (χ0n) is 18.5. The molecule has 174 valence electrons. The molecule has 2 aromatic carbocycles. The first-order valence-electron chi connectivity index (χ1n) is 10.8. The van der Waals surface area contributed by atoms with Crippen molar-refractivity contribution in [3.8, 4) is 5.75 Å². The number of ether oxygens (including phenoxy) is 1. The predicted molar refractivity (Wildman–Crippen MR) is 127 cm³/mol. The highest BCUT2D eigenvalue weighted by atomic mass is 35.5. The minimum atomic E-state index is -3.53. The van der Waals surface area contributed by atoms with Crippen molar-refractivity contribution in [2.45, 2.75) is 31.6 Å². The van der Waals surface area contributed by atoms with E-state index in [9.17, 15) is 13.2 Å². The lowest BCUT2D eigenvalue weighted by molar-refractivity contribution is -0.133. The minimum absolute atomic E-state index is 0.0863. The van der Waals surface area contributed by atoms with E-state index in [2.05, 4.69) is 16.5 Å². The van der Waals surface area contributed by atoms with Crippen LogP contribution in [-0.4, -0.2) is 58.6 Å². The van der Waals surface area contributed by atoms with Crippen LogP contribution >= 0.6 is 11.6 Å². The van der Waals surface area contributed by atoms with Gasteiger partial charge in [-0.2, -0.15) is 0 Å². The second-order valence-electron chi connectivity index (χ2n) is 7.81. The fraction of sp³-hybridized carbons (Fsp3) is 0.435. The molecule has 1 aliphatic rings. The summed E-state index contributed by atoms with van der Waals surface area (Å²) < 4.78 is 32.6. The summed E-state index contributed by atoms with van der Waals surface area (Å²) in [6.07, 6.45) is 1.70. The fourth-order valence-electron chi connectivity index (χ4n) is 3.54. The summed E-state index contributed by atoms with van der Waals surface area (Å²) in [7, 11) is -3.53. The summed E-state index contributed by atoms with van der Waals surface area (Å²) in [5.74, 6) is 0.365. The molecule has 1 fully saturated rings. The van der Waals surface area contributed by atoms with Gasteiger partial charge in [-0.15, -0.1) is 0 Å². The molecule has 0 bridgehead atoms. The molecule has 3 rings (SSSR count). The number of piperazine rings is 1. The molecule has 1 N–H and O–H groups in total. The highest BCUT2D eigenvalue weighted by Crippen LogP contribution is 2.25. The Kier molecular flexibility index (Phi) is 8.39. The molecule has 0 radical (unpaired) electrons. The Balaban J connectivity index is 1.48. The van der Waals surface area contributed by atoms with Gasteiger partial charge in [0.2, 0.25) is 10.0 Å². The zero-order chi connectivity index (χ0) is 23.1. The van der Waals surface area contributed by atoms with Crippen LogP contribution in [0.4, 0.5) is 5.69 Å². The van der Waals surface area contributed by atoms with Gasteiger partial charge in [0.15, 0.2) is 6.61 Å². The van der Waals surface area contributed by atoms with Crippen molar-refractivity contribution in [1.29, 1.82) is 0 Å². The van der Waals surface area contributed by atoms with Crippen LogP contribution in [0.5, 0.6) is 5.75 Å². The van der Waals surface area contributed by atoms with E-state index in [1.54, 1.807) is 17.0 Å². The lowest BCUT2D eigenvalue weighted by Crippen LogP contribution is -2.50. The molecular weight excluding hydrogens is 450 g/mol. The first-order valence-corrected chi connectivity index (χ1v) is 12.7. The summed E-state index contributed by atoms with van der Waals surface area (Å²) in [6.45, 7) is 7.04.